The van der Waals surface area contributed by atoms with Gasteiger partial charge in [0.1, 0.15) is 5.76 Å². The lowest BCUT2D eigenvalue weighted by molar-refractivity contribution is 0.406. The molecule has 0 atom stereocenters. The Hall–Kier alpha value is -1.45. The van der Waals surface area contributed by atoms with Gasteiger partial charge < -0.3 is 15.1 Å². The predicted octanol–water partition coefficient (Wildman–Crippen LogP) is 1.43. The highest BCUT2D eigenvalue weighted by Gasteiger charge is 2.05. The number of furan rings is 1. The SMILES string of the molecule is CC(C)N=C(N)N(C)Cc1ccco1. The first-order valence-corrected chi connectivity index (χ1v) is 4.66. The van der Waals surface area contributed by atoms with Gasteiger partial charge in [0.15, 0.2) is 5.96 Å². The van der Waals surface area contributed by atoms with Crippen molar-refractivity contribution in [2.75, 3.05) is 7.05 Å². The van der Waals surface area contributed by atoms with Crippen LogP contribution in [0.5, 0.6) is 0 Å². The predicted molar refractivity (Wildman–Crippen MR) is 56.9 cm³/mol. The van der Waals surface area contributed by atoms with Gasteiger partial charge in [-0.1, -0.05) is 0 Å². The highest BCUT2D eigenvalue weighted by atomic mass is 16.3. The quantitative estimate of drug-likeness (QED) is 0.586. The Balaban J connectivity index is 2.54. The number of rotatable bonds is 3. The number of aliphatic imine (C=N–C) groups is 1. The molecule has 0 aliphatic heterocycles. The minimum Gasteiger partial charge on any atom is -0.467 e. The summed E-state index contributed by atoms with van der Waals surface area (Å²) in [5.74, 6) is 1.42. The second-order valence-electron chi connectivity index (χ2n) is 3.52. The first kappa shape index (κ1) is 10.6. The molecule has 4 nitrogen and oxygen atoms in total. The molecule has 0 aromatic carbocycles. The average Bonchev–Trinajstić information content (AvgIpc) is 2.55. The summed E-state index contributed by atoms with van der Waals surface area (Å²) >= 11 is 0. The lowest BCUT2D eigenvalue weighted by Crippen LogP contribution is -2.34. The molecule has 78 valence electrons. The van der Waals surface area contributed by atoms with E-state index in [0.717, 1.165) is 5.76 Å². The van der Waals surface area contributed by atoms with Crippen molar-refractivity contribution in [3.8, 4) is 0 Å². The fourth-order valence-corrected chi connectivity index (χ4v) is 1.08. The van der Waals surface area contributed by atoms with E-state index in [4.69, 9.17) is 10.2 Å². The van der Waals surface area contributed by atoms with E-state index in [0.29, 0.717) is 12.5 Å². The fourth-order valence-electron chi connectivity index (χ4n) is 1.08. The molecule has 0 bridgehead atoms. The van der Waals surface area contributed by atoms with Crippen LogP contribution in [0.25, 0.3) is 0 Å². The van der Waals surface area contributed by atoms with Crippen LogP contribution >= 0.6 is 0 Å². The van der Waals surface area contributed by atoms with Crippen molar-refractivity contribution in [3.05, 3.63) is 24.2 Å². The lowest BCUT2D eigenvalue weighted by Gasteiger charge is -2.17. The molecule has 0 fully saturated rings. The molecule has 0 aliphatic carbocycles. The van der Waals surface area contributed by atoms with Gasteiger partial charge in [-0.2, -0.15) is 0 Å². The molecule has 1 aromatic heterocycles. The lowest BCUT2D eigenvalue weighted by atomic mass is 10.4. The first-order chi connectivity index (χ1) is 6.59. The Morgan fingerprint density at radius 2 is 2.36 bits per heavy atom. The highest BCUT2D eigenvalue weighted by molar-refractivity contribution is 5.77. The van der Waals surface area contributed by atoms with Gasteiger partial charge in [-0.05, 0) is 26.0 Å². The fraction of sp³-hybridized carbons (Fsp3) is 0.500. The Kier molecular flexibility index (Phi) is 3.56. The summed E-state index contributed by atoms with van der Waals surface area (Å²) < 4.78 is 5.21. The molecular formula is C10H17N3O. The van der Waals surface area contributed by atoms with Crippen LogP contribution in [0.2, 0.25) is 0 Å². The number of hydrogen-bond acceptors (Lipinski definition) is 2. The van der Waals surface area contributed by atoms with Crippen LogP contribution in [-0.2, 0) is 6.54 Å². The molecule has 0 amide bonds. The highest BCUT2D eigenvalue weighted by Crippen LogP contribution is 2.03. The van der Waals surface area contributed by atoms with E-state index >= 15 is 0 Å². The molecule has 0 saturated carbocycles. The van der Waals surface area contributed by atoms with Crippen molar-refractivity contribution in [2.24, 2.45) is 10.7 Å². The Morgan fingerprint density at radius 1 is 1.64 bits per heavy atom. The summed E-state index contributed by atoms with van der Waals surface area (Å²) in [6, 6.07) is 3.99. The summed E-state index contributed by atoms with van der Waals surface area (Å²) in [6.45, 7) is 4.64. The zero-order chi connectivity index (χ0) is 10.6. The van der Waals surface area contributed by atoms with Crippen molar-refractivity contribution >= 4 is 5.96 Å². The number of nitrogens with zero attached hydrogens (tertiary/aromatic N) is 2. The van der Waals surface area contributed by atoms with E-state index in [1.54, 1.807) is 6.26 Å². The van der Waals surface area contributed by atoms with E-state index in [1.165, 1.54) is 0 Å². The molecule has 0 radical (unpaired) electrons. The van der Waals surface area contributed by atoms with Crippen LogP contribution in [-0.4, -0.2) is 23.9 Å². The van der Waals surface area contributed by atoms with Crippen molar-refractivity contribution in [1.82, 2.24) is 4.90 Å². The molecule has 1 heterocycles. The monoisotopic (exact) mass is 195 g/mol. The second-order valence-corrected chi connectivity index (χ2v) is 3.52. The Labute approximate surface area is 84.4 Å². The zero-order valence-electron chi connectivity index (χ0n) is 8.90. The molecule has 0 saturated heterocycles. The molecule has 1 rings (SSSR count). The van der Waals surface area contributed by atoms with E-state index in [9.17, 15) is 0 Å². The van der Waals surface area contributed by atoms with Gasteiger partial charge in [-0.25, -0.2) is 0 Å². The van der Waals surface area contributed by atoms with Crippen LogP contribution in [0.3, 0.4) is 0 Å². The van der Waals surface area contributed by atoms with E-state index in [1.807, 2.05) is 37.9 Å². The molecule has 4 heteroatoms. The summed E-state index contributed by atoms with van der Waals surface area (Å²) in [6.07, 6.45) is 1.65. The van der Waals surface area contributed by atoms with E-state index < -0.39 is 0 Å². The Morgan fingerprint density at radius 3 is 2.86 bits per heavy atom. The van der Waals surface area contributed by atoms with Crippen LogP contribution < -0.4 is 5.73 Å². The van der Waals surface area contributed by atoms with E-state index in [-0.39, 0.29) is 6.04 Å². The van der Waals surface area contributed by atoms with Gasteiger partial charge in [-0.3, -0.25) is 4.99 Å². The van der Waals surface area contributed by atoms with Crippen molar-refractivity contribution < 1.29 is 4.42 Å². The second kappa shape index (κ2) is 4.69. The molecule has 0 spiro atoms. The molecular weight excluding hydrogens is 178 g/mol. The van der Waals surface area contributed by atoms with Gasteiger partial charge in [-0.15, -0.1) is 0 Å². The average molecular weight is 195 g/mol. The molecule has 0 aliphatic rings. The van der Waals surface area contributed by atoms with Crippen LogP contribution in [0.4, 0.5) is 0 Å². The molecule has 0 unspecified atom stereocenters. The summed E-state index contributed by atoms with van der Waals surface area (Å²) in [5.41, 5.74) is 5.77. The first-order valence-electron chi connectivity index (χ1n) is 4.66. The third kappa shape index (κ3) is 3.12. The zero-order valence-corrected chi connectivity index (χ0v) is 8.90. The van der Waals surface area contributed by atoms with Gasteiger partial charge >= 0.3 is 0 Å². The molecule has 1 aromatic rings. The van der Waals surface area contributed by atoms with Crippen molar-refractivity contribution in [2.45, 2.75) is 26.4 Å². The minimum atomic E-state index is 0.217. The molecule has 14 heavy (non-hydrogen) atoms. The van der Waals surface area contributed by atoms with Gasteiger partial charge in [0.25, 0.3) is 0 Å². The summed E-state index contributed by atoms with van der Waals surface area (Å²) in [4.78, 5) is 6.10. The van der Waals surface area contributed by atoms with Crippen molar-refractivity contribution in [3.63, 3.8) is 0 Å². The maximum atomic E-state index is 5.77. The normalized spacial score (nSPS) is 12.1. The number of hydrogen-bond donors (Lipinski definition) is 1. The molecule has 2 N–H and O–H groups in total. The van der Waals surface area contributed by atoms with Crippen LogP contribution in [0.15, 0.2) is 27.8 Å². The maximum Gasteiger partial charge on any atom is 0.191 e. The van der Waals surface area contributed by atoms with Gasteiger partial charge in [0, 0.05) is 13.1 Å². The third-order valence-corrected chi connectivity index (χ3v) is 1.75. The van der Waals surface area contributed by atoms with Crippen molar-refractivity contribution in [1.29, 1.82) is 0 Å². The standard InChI is InChI=1S/C10H17N3O/c1-8(2)12-10(11)13(3)7-9-5-4-6-14-9/h4-6,8H,7H2,1-3H3,(H2,11,12). The smallest absolute Gasteiger partial charge is 0.191 e. The van der Waals surface area contributed by atoms with Gasteiger partial charge in [0.05, 0.1) is 12.8 Å². The summed E-state index contributed by atoms with van der Waals surface area (Å²) in [5, 5.41) is 0. The van der Waals surface area contributed by atoms with Gasteiger partial charge in [0.2, 0.25) is 0 Å². The largest absolute Gasteiger partial charge is 0.467 e. The summed E-state index contributed by atoms with van der Waals surface area (Å²) in [7, 11) is 1.89. The van der Waals surface area contributed by atoms with Crippen LogP contribution in [0, 0.1) is 0 Å². The topological polar surface area (TPSA) is 54.8 Å². The maximum absolute atomic E-state index is 5.77. The number of nitrogens with two attached hydrogens (primary N) is 1. The Bertz CT molecular complexity index is 290. The van der Waals surface area contributed by atoms with E-state index in [2.05, 4.69) is 4.99 Å². The number of guanidine groups is 1. The van der Waals surface area contributed by atoms with Crippen LogP contribution in [0.1, 0.15) is 19.6 Å². The third-order valence-electron chi connectivity index (χ3n) is 1.75. The minimum absolute atomic E-state index is 0.217.